The van der Waals surface area contributed by atoms with Gasteiger partial charge < -0.3 is 0 Å². The maximum absolute atomic E-state index is 6.01. The smallest absolute Gasteiger partial charge is 0.267 e. The van der Waals surface area contributed by atoms with Crippen LogP contribution in [0.25, 0.3) is 16.9 Å². The van der Waals surface area contributed by atoms with Crippen LogP contribution in [0.1, 0.15) is 5.82 Å². The molecule has 17 heavy (non-hydrogen) atoms. The van der Waals surface area contributed by atoms with Crippen LogP contribution in [0.15, 0.2) is 48.7 Å². The van der Waals surface area contributed by atoms with Crippen LogP contribution in [-0.4, -0.2) is 9.66 Å². The van der Waals surface area contributed by atoms with Crippen LogP contribution in [0.3, 0.4) is 0 Å². The van der Waals surface area contributed by atoms with E-state index in [-0.39, 0.29) is 0 Å². The number of imidazole rings is 1. The molecular weight excluding hydrogens is 212 g/mol. The van der Waals surface area contributed by atoms with Crippen molar-refractivity contribution in [3.63, 3.8) is 0 Å². The second-order valence-corrected chi connectivity index (χ2v) is 3.93. The summed E-state index contributed by atoms with van der Waals surface area (Å²) in [5.41, 5.74) is 2.89. The molecule has 0 spiro atoms. The molecule has 4 nitrogen and oxygen atoms in total. The van der Waals surface area contributed by atoms with Crippen LogP contribution in [0.5, 0.6) is 0 Å². The lowest BCUT2D eigenvalue weighted by Crippen LogP contribution is -2.34. The Morgan fingerprint density at radius 1 is 1.12 bits per heavy atom. The van der Waals surface area contributed by atoms with Crippen molar-refractivity contribution in [2.45, 2.75) is 6.92 Å². The van der Waals surface area contributed by atoms with Crippen molar-refractivity contribution in [1.82, 2.24) is 9.66 Å². The highest BCUT2D eigenvalue weighted by Crippen LogP contribution is 2.11. The van der Waals surface area contributed by atoms with E-state index in [0.717, 1.165) is 22.7 Å². The summed E-state index contributed by atoms with van der Waals surface area (Å²) < 4.78 is 3.71. The third kappa shape index (κ3) is 1.38. The van der Waals surface area contributed by atoms with Gasteiger partial charge in [0.1, 0.15) is 5.69 Å². The summed E-state index contributed by atoms with van der Waals surface area (Å²) in [7, 11) is 0. The van der Waals surface area contributed by atoms with Crippen molar-refractivity contribution in [3.05, 3.63) is 54.5 Å². The summed E-state index contributed by atoms with van der Waals surface area (Å²) >= 11 is 0. The van der Waals surface area contributed by atoms with Crippen LogP contribution < -0.4 is 10.4 Å². The highest BCUT2D eigenvalue weighted by molar-refractivity contribution is 5.67. The monoisotopic (exact) mass is 225 g/mol. The predicted octanol–water partition coefficient (Wildman–Crippen LogP) is 1.34. The number of hydrogen-bond donors (Lipinski definition) is 1. The maximum Gasteiger partial charge on any atom is 0.292 e. The molecule has 2 N–H and O–H groups in total. The Morgan fingerprint density at radius 2 is 1.88 bits per heavy atom. The van der Waals surface area contributed by atoms with Crippen molar-refractivity contribution < 1.29 is 4.57 Å². The number of aromatic nitrogens is 3. The van der Waals surface area contributed by atoms with Crippen LogP contribution >= 0.6 is 0 Å². The first-order valence-electron chi connectivity index (χ1n) is 5.47. The summed E-state index contributed by atoms with van der Waals surface area (Å²) in [5.74, 6) is 6.96. The summed E-state index contributed by atoms with van der Waals surface area (Å²) in [6, 6.07) is 14.1. The Labute approximate surface area is 98.9 Å². The Hall–Kier alpha value is -2.36. The Kier molecular flexibility index (Phi) is 2.08. The first-order chi connectivity index (χ1) is 8.29. The number of nitrogen functional groups attached to an aromatic ring is 1. The molecule has 0 saturated heterocycles. The van der Waals surface area contributed by atoms with Crippen LogP contribution in [0.4, 0.5) is 0 Å². The molecule has 84 valence electrons. The quantitative estimate of drug-likeness (QED) is 0.502. The zero-order valence-corrected chi connectivity index (χ0v) is 9.54. The van der Waals surface area contributed by atoms with Crippen molar-refractivity contribution in [2.75, 3.05) is 5.84 Å². The molecule has 0 saturated carbocycles. The number of rotatable bonds is 1. The van der Waals surface area contributed by atoms with E-state index in [1.54, 1.807) is 10.9 Å². The molecule has 2 aromatic heterocycles. The molecule has 0 aliphatic carbocycles. The highest BCUT2D eigenvalue weighted by Gasteiger charge is 2.21. The first-order valence-corrected chi connectivity index (χ1v) is 5.47. The predicted molar refractivity (Wildman–Crippen MR) is 66.2 cm³/mol. The topological polar surface area (TPSA) is 47.7 Å². The third-order valence-electron chi connectivity index (χ3n) is 2.92. The molecular formula is C13H13N4+. The lowest BCUT2D eigenvalue weighted by molar-refractivity contribution is -0.575. The number of pyridine rings is 1. The second kappa shape index (κ2) is 3.59. The number of benzene rings is 1. The Balaban J connectivity index is 2.41. The summed E-state index contributed by atoms with van der Waals surface area (Å²) in [4.78, 5) is 4.30. The minimum absolute atomic E-state index is 0.786. The third-order valence-corrected chi connectivity index (χ3v) is 2.92. The summed E-state index contributed by atoms with van der Waals surface area (Å²) in [6.07, 6.45) is 1.75. The number of hydrogen-bond acceptors (Lipinski definition) is 2. The minimum atomic E-state index is 0.786. The normalized spacial score (nSPS) is 10.9. The molecule has 0 aliphatic heterocycles. The van der Waals surface area contributed by atoms with Gasteiger partial charge in [0, 0.05) is 13.1 Å². The first kappa shape index (κ1) is 9.84. The van der Waals surface area contributed by atoms with Gasteiger partial charge in [-0.05, 0) is 24.3 Å². The van der Waals surface area contributed by atoms with Gasteiger partial charge in [-0.15, -0.1) is 4.68 Å². The number of nitrogens with zero attached hydrogens (tertiary/aromatic N) is 3. The maximum atomic E-state index is 6.01. The molecule has 0 amide bonds. The molecule has 0 unspecified atom stereocenters. The molecule has 1 aromatic carbocycles. The van der Waals surface area contributed by atoms with Gasteiger partial charge in [-0.2, -0.15) is 4.57 Å². The number of para-hydroxylation sites is 1. The molecule has 3 aromatic rings. The molecule has 4 heteroatoms. The zero-order valence-electron chi connectivity index (χ0n) is 9.54. The van der Waals surface area contributed by atoms with Crippen molar-refractivity contribution in [3.8, 4) is 5.69 Å². The van der Waals surface area contributed by atoms with Crippen molar-refractivity contribution in [2.24, 2.45) is 0 Å². The van der Waals surface area contributed by atoms with Crippen molar-refractivity contribution in [1.29, 1.82) is 0 Å². The average Bonchev–Trinajstić information content (AvgIpc) is 2.64. The second-order valence-electron chi connectivity index (χ2n) is 3.93. The highest BCUT2D eigenvalue weighted by atomic mass is 15.4. The Morgan fingerprint density at radius 3 is 2.65 bits per heavy atom. The fourth-order valence-corrected chi connectivity index (χ4v) is 2.09. The van der Waals surface area contributed by atoms with Crippen molar-refractivity contribution >= 4 is 11.2 Å². The largest absolute Gasteiger partial charge is 0.292 e. The fourth-order valence-electron chi connectivity index (χ4n) is 2.09. The Bertz CT molecular complexity index is 670. The molecule has 2 heterocycles. The van der Waals surface area contributed by atoms with E-state index in [1.807, 2.05) is 37.3 Å². The molecule has 0 fully saturated rings. The van der Waals surface area contributed by atoms with E-state index in [0.29, 0.717) is 0 Å². The zero-order chi connectivity index (χ0) is 11.8. The lowest BCUT2D eigenvalue weighted by atomic mass is 10.3. The van der Waals surface area contributed by atoms with Gasteiger partial charge in [-0.25, -0.2) is 4.98 Å². The molecule has 0 atom stereocenters. The summed E-state index contributed by atoms with van der Waals surface area (Å²) in [5, 5.41) is 0. The van der Waals surface area contributed by atoms with E-state index >= 15 is 0 Å². The minimum Gasteiger partial charge on any atom is -0.267 e. The number of fused-ring (bicyclic) bond motifs is 1. The van der Waals surface area contributed by atoms with Crippen LogP contribution in [0.2, 0.25) is 0 Å². The molecule has 3 rings (SSSR count). The van der Waals surface area contributed by atoms with Gasteiger partial charge in [-0.1, -0.05) is 18.2 Å². The van der Waals surface area contributed by atoms with Gasteiger partial charge in [0.2, 0.25) is 5.52 Å². The van der Waals surface area contributed by atoms with E-state index in [2.05, 4.69) is 21.7 Å². The van der Waals surface area contributed by atoms with Crippen LogP contribution in [-0.2, 0) is 0 Å². The number of nitrogens with two attached hydrogens (primary N) is 1. The molecule has 0 radical (unpaired) electrons. The van der Waals surface area contributed by atoms with Gasteiger partial charge >= 0.3 is 0 Å². The van der Waals surface area contributed by atoms with Crippen LogP contribution in [0, 0.1) is 6.92 Å². The van der Waals surface area contributed by atoms with E-state index < -0.39 is 0 Å². The SMILES string of the molecule is Cc1n(N)c2ncccc2[n+]1-c1ccccc1. The van der Waals surface area contributed by atoms with Gasteiger partial charge in [-0.3, -0.25) is 5.84 Å². The van der Waals surface area contributed by atoms with Gasteiger partial charge in [0.25, 0.3) is 11.5 Å². The van der Waals surface area contributed by atoms with Gasteiger partial charge in [0.05, 0.1) is 0 Å². The molecule has 0 bridgehead atoms. The fraction of sp³-hybridized carbons (Fsp3) is 0.0769. The molecule has 0 aliphatic rings. The lowest BCUT2D eigenvalue weighted by Gasteiger charge is -1.97. The van der Waals surface area contributed by atoms with E-state index in [1.165, 1.54) is 0 Å². The van der Waals surface area contributed by atoms with E-state index in [4.69, 9.17) is 5.84 Å². The van der Waals surface area contributed by atoms with Gasteiger partial charge in [0.15, 0.2) is 0 Å². The average molecular weight is 225 g/mol. The standard InChI is InChI=1S/C13H13N4/c1-10-16(11-6-3-2-4-7-11)12-8-5-9-15-13(12)17(10)14/h2-9H,14H2,1H3/q+1. The summed E-state index contributed by atoms with van der Waals surface area (Å²) in [6.45, 7) is 1.98. The van der Waals surface area contributed by atoms with E-state index in [9.17, 15) is 0 Å².